The molecule has 2 aromatic rings. The molecular formula is C15H18N4O. The van der Waals surface area contributed by atoms with Crippen LogP contribution < -0.4 is 5.32 Å². The fourth-order valence-corrected chi connectivity index (χ4v) is 2.21. The maximum atomic E-state index is 9.79. The molecule has 0 aliphatic rings. The minimum atomic E-state index is -0.674. The van der Waals surface area contributed by atoms with Gasteiger partial charge in [0.1, 0.15) is 17.5 Å². The molecule has 5 heteroatoms. The van der Waals surface area contributed by atoms with Gasteiger partial charge in [-0.2, -0.15) is 10.4 Å². The number of aliphatic hydroxyl groups is 1. The zero-order chi connectivity index (χ0) is 14.8. The number of hydrogen-bond acceptors (Lipinski definition) is 4. The predicted molar refractivity (Wildman–Crippen MR) is 77.2 cm³/mol. The highest BCUT2D eigenvalue weighted by Gasteiger charge is 2.28. The van der Waals surface area contributed by atoms with E-state index >= 15 is 0 Å². The summed E-state index contributed by atoms with van der Waals surface area (Å²) in [6.07, 6.45) is 0. The Morgan fingerprint density at radius 1 is 1.40 bits per heavy atom. The Morgan fingerprint density at radius 2 is 2.05 bits per heavy atom. The van der Waals surface area contributed by atoms with Crippen LogP contribution in [0.25, 0.3) is 0 Å². The number of aromatic nitrogens is 2. The minimum absolute atomic E-state index is 0.0912. The van der Waals surface area contributed by atoms with Gasteiger partial charge in [0, 0.05) is 7.05 Å². The molecule has 0 amide bonds. The van der Waals surface area contributed by atoms with Gasteiger partial charge in [0.25, 0.3) is 0 Å². The summed E-state index contributed by atoms with van der Waals surface area (Å²) in [5, 5.41) is 26.5. The zero-order valence-corrected chi connectivity index (χ0v) is 11.9. The predicted octanol–water partition coefficient (Wildman–Crippen LogP) is 1.92. The lowest BCUT2D eigenvalue weighted by Gasteiger charge is -2.30. The number of aryl methyl sites for hydroxylation is 2. The van der Waals surface area contributed by atoms with Crippen LogP contribution in [-0.2, 0) is 12.6 Å². The molecule has 2 N–H and O–H groups in total. The molecule has 1 unspecified atom stereocenters. The van der Waals surface area contributed by atoms with E-state index in [1.807, 2.05) is 37.3 Å². The lowest BCUT2D eigenvalue weighted by Crippen LogP contribution is -2.36. The van der Waals surface area contributed by atoms with Crippen LogP contribution in [0.1, 0.15) is 23.7 Å². The Hall–Kier alpha value is -2.32. The fraction of sp³-hybridized carbons (Fsp3) is 0.333. The molecule has 1 aromatic carbocycles. The minimum Gasteiger partial charge on any atom is -0.394 e. The molecule has 5 nitrogen and oxygen atoms in total. The average Bonchev–Trinajstić information content (AvgIpc) is 2.73. The van der Waals surface area contributed by atoms with E-state index in [0.29, 0.717) is 17.1 Å². The van der Waals surface area contributed by atoms with Gasteiger partial charge >= 0.3 is 0 Å². The molecule has 0 aliphatic carbocycles. The average molecular weight is 270 g/mol. The summed E-state index contributed by atoms with van der Waals surface area (Å²) in [5.74, 6) is 0.616. The Labute approximate surface area is 118 Å². The van der Waals surface area contributed by atoms with Crippen molar-refractivity contribution in [2.45, 2.75) is 19.4 Å². The van der Waals surface area contributed by atoms with Crippen molar-refractivity contribution in [1.82, 2.24) is 9.78 Å². The van der Waals surface area contributed by atoms with E-state index < -0.39 is 5.54 Å². The van der Waals surface area contributed by atoms with Crippen LogP contribution in [0, 0.1) is 18.3 Å². The number of rotatable bonds is 4. The third kappa shape index (κ3) is 2.38. The highest BCUT2D eigenvalue weighted by atomic mass is 16.3. The van der Waals surface area contributed by atoms with Crippen molar-refractivity contribution in [2.75, 3.05) is 11.9 Å². The van der Waals surface area contributed by atoms with Gasteiger partial charge in [0.05, 0.1) is 17.8 Å². The largest absolute Gasteiger partial charge is 0.394 e. The molecule has 2 rings (SSSR count). The molecule has 0 aliphatic heterocycles. The van der Waals surface area contributed by atoms with Crippen LogP contribution in [-0.4, -0.2) is 21.5 Å². The van der Waals surface area contributed by atoms with Crippen molar-refractivity contribution in [3.8, 4) is 6.07 Å². The maximum Gasteiger partial charge on any atom is 0.143 e. The van der Waals surface area contributed by atoms with Gasteiger partial charge in [-0.25, -0.2) is 0 Å². The van der Waals surface area contributed by atoms with Crippen LogP contribution in [0.15, 0.2) is 30.3 Å². The van der Waals surface area contributed by atoms with E-state index in [2.05, 4.69) is 16.5 Å². The highest BCUT2D eigenvalue weighted by Crippen LogP contribution is 2.28. The van der Waals surface area contributed by atoms with Crippen molar-refractivity contribution >= 4 is 5.82 Å². The summed E-state index contributed by atoms with van der Waals surface area (Å²) in [6.45, 7) is 3.60. The summed E-state index contributed by atoms with van der Waals surface area (Å²) < 4.78 is 1.63. The number of nitrogens with zero attached hydrogens (tertiary/aromatic N) is 3. The first kappa shape index (κ1) is 14.1. The van der Waals surface area contributed by atoms with Gasteiger partial charge in [-0.3, -0.25) is 4.68 Å². The summed E-state index contributed by atoms with van der Waals surface area (Å²) >= 11 is 0. The van der Waals surface area contributed by atoms with Crippen molar-refractivity contribution in [2.24, 2.45) is 7.05 Å². The molecule has 1 heterocycles. The fourth-order valence-electron chi connectivity index (χ4n) is 2.21. The first-order valence-electron chi connectivity index (χ1n) is 6.40. The smallest absolute Gasteiger partial charge is 0.143 e. The van der Waals surface area contributed by atoms with Crippen LogP contribution in [0.3, 0.4) is 0 Å². The lowest BCUT2D eigenvalue weighted by molar-refractivity contribution is 0.223. The van der Waals surface area contributed by atoms with Crippen LogP contribution in [0.4, 0.5) is 5.82 Å². The molecule has 20 heavy (non-hydrogen) atoms. The molecule has 0 saturated carbocycles. The number of aliphatic hydroxyl groups excluding tert-OH is 1. The second-order valence-corrected chi connectivity index (χ2v) is 5.03. The molecule has 1 atom stereocenters. The highest BCUT2D eigenvalue weighted by molar-refractivity contribution is 5.57. The van der Waals surface area contributed by atoms with Gasteiger partial charge in [-0.05, 0) is 19.4 Å². The summed E-state index contributed by atoms with van der Waals surface area (Å²) in [5.41, 5.74) is 1.45. The first-order valence-corrected chi connectivity index (χ1v) is 6.40. The van der Waals surface area contributed by atoms with Crippen molar-refractivity contribution < 1.29 is 5.11 Å². The van der Waals surface area contributed by atoms with E-state index in [4.69, 9.17) is 0 Å². The van der Waals surface area contributed by atoms with E-state index in [1.165, 1.54) is 0 Å². The maximum absolute atomic E-state index is 9.79. The second-order valence-electron chi connectivity index (χ2n) is 5.03. The normalized spacial score (nSPS) is 13.6. The van der Waals surface area contributed by atoms with Crippen LogP contribution in [0.5, 0.6) is 0 Å². The molecule has 104 valence electrons. The number of benzene rings is 1. The molecule has 0 spiro atoms. The number of nitriles is 1. The summed E-state index contributed by atoms with van der Waals surface area (Å²) in [7, 11) is 1.78. The van der Waals surface area contributed by atoms with E-state index in [9.17, 15) is 10.4 Å². The van der Waals surface area contributed by atoms with Gasteiger partial charge < -0.3 is 10.4 Å². The van der Waals surface area contributed by atoms with Gasteiger partial charge in [-0.15, -0.1) is 0 Å². The van der Waals surface area contributed by atoms with Crippen LogP contribution >= 0.6 is 0 Å². The topological polar surface area (TPSA) is 73.9 Å². The number of nitrogens with one attached hydrogen (secondary N) is 1. The molecule has 0 radical (unpaired) electrons. The van der Waals surface area contributed by atoms with Crippen molar-refractivity contribution in [3.63, 3.8) is 0 Å². The van der Waals surface area contributed by atoms with Crippen molar-refractivity contribution in [3.05, 3.63) is 47.2 Å². The Bertz CT molecular complexity index is 642. The van der Waals surface area contributed by atoms with Crippen molar-refractivity contribution in [1.29, 1.82) is 5.26 Å². The third-order valence-electron chi connectivity index (χ3n) is 3.46. The quantitative estimate of drug-likeness (QED) is 0.890. The SMILES string of the molecule is Cc1nn(C)c(NC(C)(CO)c2ccccc2)c1C#N. The Balaban J connectivity index is 2.44. The zero-order valence-electron chi connectivity index (χ0n) is 11.9. The second kappa shape index (κ2) is 5.35. The Morgan fingerprint density at radius 3 is 2.60 bits per heavy atom. The molecule has 0 saturated heterocycles. The molecule has 0 bridgehead atoms. The van der Waals surface area contributed by atoms with Gasteiger partial charge in [0.15, 0.2) is 0 Å². The molecule has 1 aromatic heterocycles. The number of hydrogen-bond donors (Lipinski definition) is 2. The first-order chi connectivity index (χ1) is 9.51. The molecule has 0 fully saturated rings. The third-order valence-corrected chi connectivity index (χ3v) is 3.46. The lowest BCUT2D eigenvalue weighted by atomic mass is 9.92. The van der Waals surface area contributed by atoms with Gasteiger partial charge in [-0.1, -0.05) is 30.3 Å². The standard InChI is InChI=1S/C15H18N4O/c1-11-13(9-16)14(19(3)18-11)17-15(2,10-20)12-7-5-4-6-8-12/h4-8,17,20H,10H2,1-3H3. The monoisotopic (exact) mass is 270 g/mol. The molecular weight excluding hydrogens is 252 g/mol. The van der Waals surface area contributed by atoms with Crippen LogP contribution in [0.2, 0.25) is 0 Å². The number of anilines is 1. The van der Waals surface area contributed by atoms with E-state index in [1.54, 1.807) is 18.7 Å². The summed E-state index contributed by atoms with van der Waals surface area (Å²) in [4.78, 5) is 0. The van der Waals surface area contributed by atoms with Gasteiger partial charge in [0.2, 0.25) is 0 Å². The van der Waals surface area contributed by atoms with E-state index in [0.717, 1.165) is 5.56 Å². The Kier molecular flexibility index (Phi) is 3.77. The van der Waals surface area contributed by atoms with E-state index in [-0.39, 0.29) is 6.61 Å². The summed E-state index contributed by atoms with van der Waals surface area (Å²) in [6, 6.07) is 11.8.